The number of aryl methyl sites for hydroxylation is 2. The van der Waals surface area contributed by atoms with E-state index in [4.69, 9.17) is 5.14 Å². The van der Waals surface area contributed by atoms with Gasteiger partial charge in [0.05, 0.1) is 11.4 Å². The molecule has 0 bridgehead atoms. The van der Waals surface area contributed by atoms with Crippen molar-refractivity contribution in [3.63, 3.8) is 0 Å². The summed E-state index contributed by atoms with van der Waals surface area (Å²) in [6, 6.07) is 10.6. The van der Waals surface area contributed by atoms with Crippen LogP contribution in [-0.2, 0) is 21.2 Å². The van der Waals surface area contributed by atoms with E-state index in [-0.39, 0.29) is 23.3 Å². The van der Waals surface area contributed by atoms with Gasteiger partial charge in [0.15, 0.2) is 0 Å². The second-order valence-corrected chi connectivity index (χ2v) is 9.69. The van der Waals surface area contributed by atoms with Gasteiger partial charge in [-0.2, -0.15) is 0 Å². The van der Waals surface area contributed by atoms with Gasteiger partial charge in [-0.1, -0.05) is 19.1 Å². The second-order valence-electron chi connectivity index (χ2n) is 8.12. The maximum Gasteiger partial charge on any atom is 0.253 e. The molecule has 0 atom stereocenters. The molecular formula is C23H30N4O4S. The molecular weight excluding hydrogens is 428 g/mol. The Labute approximate surface area is 189 Å². The van der Waals surface area contributed by atoms with E-state index >= 15 is 0 Å². The standard InChI is InChI=1S/C23H30N4O4S/c1-4-18-5-7-19(8-6-18)23(29)27-11-9-26(10-12-27)15-22(28)25-21-14-20(32(24,30)31)13-16(2)17(21)3/h5-8,13-14H,4,9-12,15H2,1-3H3,(H,25,28)(H2,24,30,31). The van der Waals surface area contributed by atoms with Gasteiger partial charge in [-0.25, -0.2) is 13.6 Å². The number of hydrogen-bond acceptors (Lipinski definition) is 5. The average molecular weight is 459 g/mol. The Balaban J connectivity index is 1.57. The van der Waals surface area contributed by atoms with E-state index in [9.17, 15) is 18.0 Å². The summed E-state index contributed by atoms with van der Waals surface area (Å²) >= 11 is 0. The highest BCUT2D eigenvalue weighted by atomic mass is 32.2. The Morgan fingerprint density at radius 2 is 1.66 bits per heavy atom. The lowest BCUT2D eigenvalue weighted by Gasteiger charge is -2.34. The van der Waals surface area contributed by atoms with Gasteiger partial charge in [-0.05, 0) is 61.2 Å². The SMILES string of the molecule is CCc1ccc(C(=O)N2CCN(CC(=O)Nc3cc(S(N)(=O)=O)cc(C)c3C)CC2)cc1. The van der Waals surface area contributed by atoms with E-state index in [1.165, 1.54) is 17.7 Å². The number of nitrogens with one attached hydrogen (secondary N) is 1. The number of amides is 2. The molecule has 0 unspecified atom stereocenters. The average Bonchev–Trinajstić information content (AvgIpc) is 2.76. The number of benzene rings is 2. The normalized spacial score (nSPS) is 14.9. The van der Waals surface area contributed by atoms with Gasteiger partial charge in [0.2, 0.25) is 15.9 Å². The molecule has 8 nitrogen and oxygen atoms in total. The predicted molar refractivity (Wildman–Crippen MR) is 124 cm³/mol. The van der Waals surface area contributed by atoms with Crippen LogP contribution in [0.5, 0.6) is 0 Å². The van der Waals surface area contributed by atoms with Gasteiger partial charge >= 0.3 is 0 Å². The highest BCUT2D eigenvalue weighted by molar-refractivity contribution is 7.89. The smallest absolute Gasteiger partial charge is 0.253 e. The molecule has 0 aliphatic carbocycles. The van der Waals surface area contributed by atoms with Gasteiger partial charge < -0.3 is 10.2 Å². The molecule has 1 aliphatic rings. The summed E-state index contributed by atoms with van der Waals surface area (Å²) in [4.78, 5) is 29.1. The summed E-state index contributed by atoms with van der Waals surface area (Å²) in [5, 5.41) is 8.04. The molecule has 172 valence electrons. The summed E-state index contributed by atoms with van der Waals surface area (Å²) in [5.41, 5.74) is 3.82. The van der Waals surface area contributed by atoms with Crippen molar-refractivity contribution in [3.8, 4) is 0 Å². The Hall–Kier alpha value is -2.75. The Morgan fingerprint density at radius 1 is 1.03 bits per heavy atom. The van der Waals surface area contributed by atoms with Crippen LogP contribution in [0.1, 0.15) is 34.0 Å². The summed E-state index contributed by atoms with van der Waals surface area (Å²) < 4.78 is 23.4. The number of hydrogen-bond donors (Lipinski definition) is 2. The first kappa shape index (κ1) is 23.9. The number of primary sulfonamides is 1. The molecule has 9 heteroatoms. The van der Waals surface area contributed by atoms with Crippen molar-refractivity contribution in [3.05, 3.63) is 58.7 Å². The first-order valence-electron chi connectivity index (χ1n) is 10.6. The summed E-state index contributed by atoms with van der Waals surface area (Å²) in [5.74, 6) is -0.239. The van der Waals surface area contributed by atoms with Crippen LogP contribution < -0.4 is 10.5 Å². The molecule has 2 amide bonds. The number of rotatable bonds is 6. The largest absolute Gasteiger partial charge is 0.336 e. The molecule has 1 fully saturated rings. The quantitative estimate of drug-likeness (QED) is 0.687. The minimum Gasteiger partial charge on any atom is -0.336 e. The van der Waals surface area contributed by atoms with Gasteiger partial charge in [0.1, 0.15) is 0 Å². The van der Waals surface area contributed by atoms with Crippen LogP contribution in [0.3, 0.4) is 0 Å². The molecule has 0 radical (unpaired) electrons. The zero-order valence-corrected chi connectivity index (χ0v) is 19.5. The zero-order chi connectivity index (χ0) is 23.5. The Kier molecular flexibility index (Phi) is 7.33. The fourth-order valence-corrected chi connectivity index (χ4v) is 4.31. The summed E-state index contributed by atoms with van der Waals surface area (Å²) in [6.07, 6.45) is 0.931. The van der Waals surface area contributed by atoms with Crippen molar-refractivity contribution in [1.82, 2.24) is 9.80 Å². The summed E-state index contributed by atoms with van der Waals surface area (Å²) in [7, 11) is -3.87. The Morgan fingerprint density at radius 3 is 2.22 bits per heavy atom. The first-order valence-corrected chi connectivity index (χ1v) is 12.2. The molecule has 0 saturated carbocycles. The third-order valence-corrected chi connectivity index (χ3v) is 6.77. The van der Waals surface area contributed by atoms with Gasteiger partial charge in [-0.15, -0.1) is 0 Å². The van der Waals surface area contributed by atoms with Crippen molar-refractivity contribution < 1.29 is 18.0 Å². The number of nitrogens with two attached hydrogens (primary N) is 1. The minimum atomic E-state index is -3.87. The maximum atomic E-state index is 12.7. The zero-order valence-electron chi connectivity index (χ0n) is 18.7. The third kappa shape index (κ3) is 5.73. The molecule has 1 aliphatic heterocycles. The lowest BCUT2D eigenvalue weighted by Crippen LogP contribution is -2.50. The fourth-order valence-electron chi connectivity index (χ4n) is 3.69. The fraction of sp³-hybridized carbons (Fsp3) is 0.391. The molecule has 2 aromatic rings. The number of nitrogens with zero attached hydrogens (tertiary/aromatic N) is 2. The summed E-state index contributed by atoms with van der Waals surface area (Å²) in [6.45, 7) is 8.07. The highest BCUT2D eigenvalue weighted by Gasteiger charge is 2.24. The monoisotopic (exact) mass is 458 g/mol. The van der Waals surface area contributed by atoms with Crippen LogP contribution in [0.2, 0.25) is 0 Å². The van der Waals surface area contributed by atoms with E-state index in [1.54, 1.807) is 11.8 Å². The predicted octanol–water partition coefficient (Wildman–Crippen LogP) is 1.91. The van der Waals surface area contributed by atoms with Gasteiger partial charge in [0, 0.05) is 37.4 Å². The van der Waals surface area contributed by atoms with Crippen molar-refractivity contribution in [2.75, 3.05) is 38.0 Å². The van der Waals surface area contributed by atoms with Gasteiger partial charge in [0.25, 0.3) is 5.91 Å². The van der Waals surface area contributed by atoms with Crippen molar-refractivity contribution in [2.45, 2.75) is 32.1 Å². The number of sulfonamides is 1. The number of carbonyl (C=O) groups excluding carboxylic acids is 2. The molecule has 2 aromatic carbocycles. The van der Waals surface area contributed by atoms with E-state index in [0.29, 0.717) is 37.4 Å². The van der Waals surface area contributed by atoms with Crippen molar-refractivity contribution in [1.29, 1.82) is 0 Å². The molecule has 0 spiro atoms. The molecule has 1 saturated heterocycles. The number of anilines is 1. The molecule has 1 heterocycles. The van der Waals surface area contributed by atoms with Crippen LogP contribution in [0.15, 0.2) is 41.3 Å². The maximum absolute atomic E-state index is 12.7. The van der Waals surface area contributed by atoms with E-state index in [2.05, 4.69) is 12.2 Å². The van der Waals surface area contributed by atoms with E-state index in [0.717, 1.165) is 17.5 Å². The Bertz CT molecular complexity index is 1110. The first-order chi connectivity index (χ1) is 15.1. The van der Waals surface area contributed by atoms with Crippen LogP contribution in [-0.4, -0.2) is 62.8 Å². The van der Waals surface area contributed by atoms with E-state index in [1.807, 2.05) is 36.1 Å². The number of piperazine rings is 1. The van der Waals surface area contributed by atoms with Crippen LogP contribution in [0.4, 0.5) is 5.69 Å². The van der Waals surface area contributed by atoms with Crippen LogP contribution in [0, 0.1) is 13.8 Å². The van der Waals surface area contributed by atoms with Crippen molar-refractivity contribution >= 4 is 27.5 Å². The minimum absolute atomic E-state index is 0.00247. The van der Waals surface area contributed by atoms with Crippen molar-refractivity contribution in [2.24, 2.45) is 5.14 Å². The van der Waals surface area contributed by atoms with E-state index < -0.39 is 10.0 Å². The molecule has 3 N–H and O–H groups in total. The second kappa shape index (κ2) is 9.81. The topological polar surface area (TPSA) is 113 Å². The van der Waals surface area contributed by atoms with Crippen LogP contribution >= 0.6 is 0 Å². The van der Waals surface area contributed by atoms with Gasteiger partial charge in [-0.3, -0.25) is 14.5 Å². The number of carbonyl (C=O) groups is 2. The molecule has 32 heavy (non-hydrogen) atoms. The third-order valence-electron chi connectivity index (χ3n) is 5.88. The van der Waals surface area contributed by atoms with Crippen LogP contribution in [0.25, 0.3) is 0 Å². The lowest BCUT2D eigenvalue weighted by atomic mass is 10.1. The molecule has 3 rings (SSSR count). The molecule has 0 aromatic heterocycles. The highest BCUT2D eigenvalue weighted by Crippen LogP contribution is 2.23. The lowest BCUT2D eigenvalue weighted by molar-refractivity contribution is -0.117.